The SMILES string of the molecule is O=C(CCc1nnc(-c2ccsc2)o1)NCCc1c[nH]c2ccccc12. The molecule has 0 aliphatic heterocycles. The molecule has 1 aromatic carbocycles. The average Bonchev–Trinajstić information content (AvgIpc) is 3.40. The summed E-state index contributed by atoms with van der Waals surface area (Å²) < 4.78 is 5.59. The summed E-state index contributed by atoms with van der Waals surface area (Å²) in [5.74, 6) is 0.971. The third-order valence-electron chi connectivity index (χ3n) is 4.19. The highest BCUT2D eigenvalue weighted by atomic mass is 32.1. The molecule has 0 aliphatic carbocycles. The first-order valence-corrected chi connectivity index (χ1v) is 9.40. The maximum Gasteiger partial charge on any atom is 0.248 e. The van der Waals surface area contributed by atoms with E-state index in [1.54, 1.807) is 11.3 Å². The lowest BCUT2D eigenvalue weighted by Gasteiger charge is -2.03. The standard InChI is InChI=1S/C19H18N4O2S/c24-17(5-6-18-22-23-19(25-18)14-8-10-26-12-14)20-9-7-13-11-21-16-4-2-1-3-15(13)16/h1-4,8,10-12,21H,5-7,9H2,(H,20,24). The molecule has 0 spiro atoms. The number of carbonyl (C=O) groups is 1. The summed E-state index contributed by atoms with van der Waals surface area (Å²) in [6.07, 6.45) is 3.56. The van der Waals surface area contributed by atoms with E-state index >= 15 is 0 Å². The number of hydrogen-bond donors (Lipinski definition) is 2. The van der Waals surface area contributed by atoms with Crippen LogP contribution in [0, 0.1) is 0 Å². The molecule has 0 atom stereocenters. The molecule has 7 heteroatoms. The zero-order valence-corrected chi connectivity index (χ0v) is 14.9. The third-order valence-corrected chi connectivity index (χ3v) is 4.88. The molecule has 0 fully saturated rings. The maximum absolute atomic E-state index is 12.0. The van der Waals surface area contributed by atoms with E-state index in [1.165, 1.54) is 10.9 Å². The molecule has 26 heavy (non-hydrogen) atoms. The van der Waals surface area contributed by atoms with E-state index in [-0.39, 0.29) is 5.91 Å². The quantitative estimate of drug-likeness (QED) is 0.524. The first-order valence-electron chi connectivity index (χ1n) is 8.46. The number of benzene rings is 1. The van der Waals surface area contributed by atoms with E-state index in [0.717, 1.165) is 17.5 Å². The molecule has 0 bridgehead atoms. The van der Waals surface area contributed by atoms with Gasteiger partial charge in [0.1, 0.15) is 0 Å². The van der Waals surface area contributed by atoms with Gasteiger partial charge < -0.3 is 14.7 Å². The van der Waals surface area contributed by atoms with Crippen LogP contribution in [0.15, 0.2) is 51.7 Å². The normalized spacial score (nSPS) is 11.1. The summed E-state index contributed by atoms with van der Waals surface area (Å²) in [5.41, 5.74) is 3.24. The van der Waals surface area contributed by atoms with E-state index in [2.05, 4.69) is 26.6 Å². The number of nitrogens with one attached hydrogen (secondary N) is 2. The predicted molar refractivity (Wildman–Crippen MR) is 101 cm³/mol. The molecule has 0 unspecified atom stereocenters. The van der Waals surface area contributed by atoms with Crippen molar-refractivity contribution in [2.45, 2.75) is 19.3 Å². The van der Waals surface area contributed by atoms with Crippen LogP contribution >= 0.6 is 11.3 Å². The Morgan fingerprint density at radius 2 is 2.12 bits per heavy atom. The topological polar surface area (TPSA) is 83.8 Å². The number of aromatic nitrogens is 3. The van der Waals surface area contributed by atoms with Crippen LogP contribution in [0.25, 0.3) is 22.4 Å². The second-order valence-corrected chi connectivity index (χ2v) is 6.75. The zero-order chi connectivity index (χ0) is 17.8. The Morgan fingerprint density at radius 3 is 3.00 bits per heavy atom. The van der Waals surface area contributed by atoms with Crippen LogP contribution in [0.1, 0.15) is 17.9 Å². The molecule has 2 N–H and O–H groups in total. The van der Waals surface area contributed by atoms with Gasteiger partial charge in [0.2, 0.25) is 17.7 Å². The highest BCUT2D eigenvalue weighted by molar-refractivity contribution is 7.08. The molecule has 1 amide bonds. The minimum Gasteiger partial charge on any atom is -0.421 e. The van der Waals surface area contributed by atoms with Crippen molar-refractivity contribution < 1.29 is 9.21 Å². The van der Waals surface area contributed by atoms with Gasteiger partial charge >= 0.3 is 0 Å². The predicted octanol–water partition coefficient (Wildman–Crippen LogP) is 3.57. The fourth-order valence-corrected chi connectivity index (χ4v) is 3.47. The first-order chi connectivity index (χ1) is 12.8. The molecule has 0 saturated heterocycles. The summed E-state index contributed by atoms with van der Waals surface area (Å²) >= 11 is 1.58. The molecular formula is C19H18N4O2S. The monoisotopic (exact) mass is 366 g/mol. The van der Waals surface area contributed by atoms with Gasteiger partial charge in [-0.1, -0.05) is 18.2 Å². The van der Waals surface area contributed by atoms with Crippen LogP contribution in [-0.4, -0.2) is 27.6 Å². The number of amides is 1. The molecule has 0 aliphatic rings. The van der Waals surface area contributed by atoms with Crippen LogP contribution in [0.4, 0.5) is 0 Å². The number of hydrogen-bond acceptors (Lipinski definition) is 5. The second kappa shape index (κ2) is 7.53. The molecule has 3 aromatic heterocycles. The third kappa shape index (κ3) is 3.67. The van der Waals surface area contributed by atoms with Crippen LogP contribution in [-0.2, 0) is 17.6 Å². The summed E-state index contributed by atoms with van der Waals surface area (Å²) in [4.78, 5) is 15.3. The lowest BCUT2D eigenvalue weighted by molar-refractivity contribution is -0.121. The molecule has 6 nitrogen and oxygen atoms in total. The Kier molecular flexibility index (Phi) is 4.79. The number of nitrogens with zero attached hydrogens (tertiary/aromatic N) is 2. The molecule has 4 rings (SSSR count). The van der Waals surface area contributed by atoms with Gasteiger partial charge in [-0.25, -0.2) is 0 Å². The second-order valence-electron chi connectivity index (χ2n) is 5.97. The Balaban J connectivity index is 1.24. The lowest BCUT2D eigenvalue weighted by atomic mass is 10.1. The Bertz CT molecular complexity index is 1000. The molecular weight excluding hydrogens is 348 g/mol. The lowest BCUT2D eigenvalue weighted by Crippen LogP contribution is -2.25. The Hall–Kier alpha value is -2.93. The van der Waals surface area contributed by atoms with Gasteiger partial charge in [0.05, 0.1) is 0 Å². The van der Waals surface area contributed by atoms with Gasteiger partial charge in [0.25, 0.3) is 0 Å². The van der Waals surface area contributed by atoms with Gasteiger partial charge in [0.15, 0.2) is 0 Å². The van der Waals surface area contributed by atoms with Crippen molar-refractivity contribution in [3.63, 3.8) is 0 Å². The number of thiophene rings is 1. The van der Waals surface area contributed by atoms with Gasteiger partial charge in [-0.05, 0) is 29.5 Å². The zero-order valence-electron chi connectivity index (χ0n) is 14.1. The minimum absolute atomic E-state index is 0.0138. The largest absolute Gasteiger partial charge is 0.421 e. The van der Waals surface area contributed by atoms with Gasteiger partial charge in [-0.15, -0.1) is 10.2 Å². The molecule has 132 valence electrons. The summed E-state index contributed by atoms with van der Waals surface area (Å²) in [7, 11) is 0. The van der Waals surface area contributed by atoms with Crippen molar-refractivity contribution in [1.29, 1.82) is 0 Å². The number of aromatic amines is 1. The van der Waals surface area contributed by atoms with Crippen LogP contribution in [0.3, 0.4) is 0 Å². The molecule has 3 heterocycles. The van der Waals surface area contributed by atoms with Crippen LogP contribution in [0.2, 0.25) is 0 Å². The van der Waals surface area contributed by atoms with E-state index in [9.17, 15) is 4.79 Å². The number of rotatable bonds is 7. The van der Waals surface area contributed by atoms with Crippen LogP contribution < -0.4 is 5.32 Å². The van der Waals surface area contributed by atoms with Crippen molar-refractivity contribution in [1.82, 2.24) is 20.5 Å². The Morgan fingerprint density at radius 1 is 1.19 bits per heavy atom. The van der Waals surface area contributed by atoms with Gasteiger partial charge in [-0.3, -0.25) is 4.79 Å². The fraction of sp³-hybridized carbons (Fsp3) is 0.211. The summed E-state index contributed by atoms with van der Waals surface area (Å²) in [5, 5.41) is 16.1. The van der Waals surface area contributed by atoms with E-state index in [0.29, 0.717) is 31.2 Å². The Labute approximate surface area is 154 Å². The number of para-hydroxylation sites is 1. The van der Waals surface area contributed by atoms with E-state index < -0.39 is 0 Å². The smallest absolute Gasteiger partial charge is 0.248 e. The maximum atomic E-state index is 12.0. The summed E-state index contributed by atoms with van der Waals surface area (Å²) in [6.45, 7) is 0.602. The van der Waals surface area contributed by atoms with Crippen molar-refractivity contribution >= 4 is 28.1 Å². The summed E-state index contributed by atoms with van der Waals surface area (Å²) in [6, 6.07) is 10.1. The fourth-order valence-electron chi connectivity index (χ4n) is 2.84. The van der Waals surface area contributed by atoms with Crippen molar-refractivity contribution in [2.75, 3.05) is 6.54 Å². The van der Waals surface area contributed by atoms with Crippen LogP contribution in [0.5, 0.6) is 0 Å². The number of aryl methyl sites for hydroxylation is 1. The van der Waals surface area contributed by atoms with Crippen molar-refractivity contribution in [2.24, 2.45) is 0 Å². The molecule has 0 radical (unpaired) electrons. The van der Waals surface area contributed by atoms with Crippen molar-refractivity contribution in [3.05, 3.63) is 58.7 Å². The van der Waals surface area contributed by atoms with Gasteiger partial charge in [-0.2, -0.15) is 11.3 Å². The molecule has 0 saturated carbocycles. The van der Waals surface area contributed by atoms with Crippen molar-refractivity contribution in [3.8, 4) is 11.5 Å². The van der Waals surface area contributed by atoms with Gasteiger partial charge in [0, 0.05) is 47.4 Å². The highest BCUT2D eigenvalue weighted by Crippen LogP contribution is 2.21. The average molecular weight is 366 g/mol. The first kappa shape index (κ1) is 16.5. The number of carbonyl (C=O) groups excluding carboxylic acids is 1. The van der Waals surface area contributed by atoms with E-state index in [1.807, 2.05) is 41.2 Å². The van der Waals surface area contributed by atoms with E-state index in [4.69, 9.17) is 4.42 Å². The number of H-pyrrole nitrogens is 1. The number of fused-ring (bicyclic) bond motifs is 1. The minimum atomic E-state index is -0.0138. The molecule has 4 aromatic rings. The highest BCUT2D eigenvalue weighted by Gasteiger charge is 2.11.